The Bertz CT molecular complexity index is 1230. The van der Waals surface area contributed by atoms with Gasteiger partial charge in [0.05, 0.1) is 10.5 Å². The number of carboxylic acid groups (broad SMARTS) is 1. The minimum absolute atomic E-state index is 0.0385. The van der Waals surface area contributed by atoms with E-state index in [0.29, 0.717) is 16.3 Å². The lowest BCUT2D eigenvalue weighted by atomic mass is 10.1. The van der Waals surface area contributed by atoms with E-state index in [1.807, 2.05) is 13.8 Å². The Kier molecular flexibility index (Phi) is 10.2. The first-order valence-electron chi connectivity index (χ1n) is 11.1. The average molecular weight is 565 g/mol. The standard InChI is InChI=1S/C21H27ClN4O3S.C2HF3O2/c1-14(2)24-21(27)18-12-16(5-7-20(18)26-10-8-23-9-11-26)25-30(28,29)17-6-4-15(3)19(22)13-17;3-2(4,5)1(6)7/h4-7,12-14,23,25H,8-11H2,1-3H3,(H,24,27);(H,6,7). The summed E-state index contributed by atoms with van der Waals surface area (Å²) in [5.41, 5.74) is 2.34. The van der Waals surface area contributed by atoms with E-state index in [1.54, 1.807) is 31.2 Å². The van der Waals surface area contributed by atoms with Gasteiger partial charge in [0.1, 0.15) is 0 Å². The number of nitrogens with zero attached hydrogens (tertiary/aromatic N) is 1. The van der Waals surface area contributed by atoms with Gasteiger partial charge >= 0.3 is 12.1 Å². The molecule has 14 heteroatoms. The second kappa shape index (κ2) is 12.5. The molecule has 204 valence electrons. The number of piperazine rings is 1. The number of amides is 1. The van der Waals surface area contributed by atoms with Crippen LogP contribution in [0.3, 0.4) is 0 Å². The zero-order chi connectivity index (χ0) is 28.0. The van der Waals surface area contributed by atoms with Crippen molar-refractivity contribution >= 4 is 44.9 Å². The third kappa shape index (κ3) is 8.79. The van der Waals surface area contributed by atoms with E-state index in [1.165, 1.54) is 12.1 Å². The molecule has 37 heavy (non-hydrogen) atoms. The predicted octanol–water partition coefficient (Wildman–Crippen LogP) is 3.63. The molecule has 0 atom stereocenters. The molecule has 1 aliphatic rings. The molecular weight excluding hydrogens is 537 g/mol. The summed E-state index contributed by atoms with van der Waals surface area (Å²) in [5, 5.41) is 13.7. The van der Waals surface area contributed by atoms with Crippen LogP contribution in [0.4, 0.5) is 24.5 Å². The lowest BCUT2D eigenvalue weighted by Crippen LogP contribution is -2.44. The van der Waals surface area contributed by atoms with Crippen LogP contribution in [-0.4, -0.2) is 63.8 Å². The fraction of sp³-hybridized carbons (Fsp3) is 0.391. The van der Waals surface area contributed by atoms with Crippen molar-refractivity contribution in [3.63, 3.8) is 0 Å². The summed E-state index contributed by atoms with van der Waals surface area (Å²) < 4.78 is 59.9. The number of alkyl halides is 3. The topological polar surface area (TPSA) is 128 Å². The van der Waals surface area contributed by atoms with Crippen molar-refractivity contribution in [3.05, 3.63) is 52.5 Å². The van der Waals surface area contributed by atoms with Gasteiger partial charge in [-0.15, -0.1) is 0 Å². The highest BCUT2D eigenvalue weighted by atomic mass is 35.5. The van der Waals surface area contributed by atoms with Crippen molar-refractivity contribution in [3.8, 4) is 0 Å². The van der Waals surface area contributed by atoms with Crippen LogP contribution in [0.25, 0.3) is 0 Å². The van der Waals surface area contributed by atoms with Gasteiger partial charge in [-0.2, -0.15) is 13.2 Å². The van der Waals surface area contributed by atoms with Gasteiger partial charge in [0.15, 0.2) is 0 Å². The van der Waals surface area contributed by atoms with Gasteiger partial charge in [0, 0.05) is 48.6 Å². The van der Waals surface area contributed by atoms with Crippen LogP contribution in [0.2, 0.25) is 5.02 Å². The summed E-state index contributed by atoms with van der Waals surface area (Å²) >= 11 is 6.09. The Hall–Kier alpha value is -3.03. The lowest BCUT2D eigenvalue weighted by Gasteiger charge is -2.31. The first-order chi connectivity index (χ1) is 17.1. The summed E-state index contributed by atoms with van der Waals surface area (Å²) in [6.45, 7) is 8.78. The number of hydrogen-bond donors (Lipinski definition) is 4. The maximum absolute atomic E-state index is 12.8. The minimum atomic E-state index is -5.08. The van der Waals surface area contributed by atoms with E-state index < -0.39 is 22.2 Å². The van der Waals surface area contributed by atoms with E-state index in [4.69, 9.17) is 21.5 Å². The SMILES string of the molecule is Cc1ccc(S(=O)(=O)Nc2ccc(N3CCNCC3)c(C(=O)NC(C)C)c2)cc1Cl.O=C(O)C(F)(F)F. The van der Waals surface area contributed by atoms with E-state index >= 15 is 0 Å². The highest BCUT2D eigenvalue weighted by molar-refractivity contribution is 7.92. The molecule has 1 aliphatic heterocycles. The Morgan fingerprint density at radius 3 is 2.22 bits per heavy atom. The van der Waals surface area contributed by atoms with Gasteiger partial charge < -0.3 is 20.6 Å². The molecule has 4 N–H and O–H groups in total. The van der Waals surface area contributed by atoms with Gasteiger partial charge in [-0.25, -0.2) is 13.2 Å². The minimum Gasteiger partial charge on any atom is -0.475 e. The molecular formula is C23H28ClF3N4O5S. The van der Waals surface area contributed by atoms with Gasteiger partial charge in [-0.05, 0) is 56.7 Å². The smallest absolute Gasteiger partial charge is 0.475 e. The first-order valence-corrected chi connectivity index (χ1v) is 13.0. The number of halogens is 4. The molecule has 1 saturated heterocycles. The van der Waals surface area contributed by atoms with Crippen LogP contribution in [0.1, 0.15) is 29.8 Å². The number of sulfonamides is 1. The van der Waals surface area contributed by atoms with Crippen molar-refractivity contribution in [1.29, 1.82) is 0 Å². The molecule has 0 spiro atoms. The van der Waals surface area contributed by atoms with Crippen LogP contribution in [0.15, 0.2) is 41.3 Å². The number of nitrogens with one attached hydrogen (secondary N) is 3. The fourth-order valence-electron chi connectivity index (χ4n) is 3.26. The summed E-state index contributed by atoms with van der Waals surface area (Å²) in [7, 11) is -3.85. The van der Waals surface area contributed by atoms with Crippen molar-refractivity contribution in [2.45, 2.75) is 37.9 Å². The number of hydrogen-bond acceptors (Lipinski definition) is 6. The second-order valence-electron chi connectivity index (χ2n) is 8.42. The maximum atomic E-state index is 12.8. The summed E-state index contributed by atoms with van der Waals surface area (Å²) in [6, 6.07) is 9.60. The highest BCUT2D eigenvalue weighted by Crippen LogP contribution is 2.27. The average Bonchev–Trinajstić information content (AvgIpc) is 2.80. The molecule has 0 aliphatic carbocycles. The number of aryl methyl sites for hydroxylation is 1. The molecule has 0 radical (unpaired) electrons. The Labute approximate surface area is 218 Å². The molecule has 0 unspecified atom stereocenters. The molecule has 2 aromatic rings. The quantitative estimate of drug-likeness (QED) is 0.422. The van der Waals surface area contributed by atoms with Gasteiger partial charge in [0.25, 0.3) is 15.9 Å². The molecule has 0 saturated carbocycles. The van der Waals surface area contributed by atoms with Crippen molar-refractivity contribution < 1.29 is 36.3 Å². The normalized spacial score (nSPS) is 14.0. The van der Waals surface area contributed by atoms with Crippen molar-refractivity contribution in [2.75, 3.05) is 35.8 Å². The number of rotatable bonds is 6. The van der Waals surface area contributed by atoms with Gasteiger partial charge in [-0.1, -0.05) is 17.7 Å². The van der Waals surface area contributed by atoms with Gasteiger partial charge in [0.2, 0.25) is 0 Å². The number of aliphatic carboxylic acids is 1. The second-order valence-corrected chi connectivity index (χ2v) is 10.5. The summed E-state index contributed by atoms with van der Waals surface area (Å²) in [6.07, 6.45) is -5.08. The first kappa shape index (κ1) is 30.2. The number of carbonyl (C=O) groups is 2. The van der Waals surface area contributed by atoms with Crippen LogP contribution in [0.5, 0.6) is 0 Å². The number of carbonyl (C=O) groups excluding carboxylic acids is 1. The Balaban J connectivity index is 0.000000604. The van der Waals surface area contributed by atoms with Crippen LogP contribution in [0, 0.1) is 6.92 Å². The van der Waals surface area contributed by atoms with E-state index in [2.05, 4.69) is 20.3 Å². The summed E-state index contributed by atoms with van der Waals surface area (Å²) in [5.74, 6) is -2.99. The lowest BCUT2D eigenvalue weighted by molar-refractivity contribution is -0.192. The maximum Gasteiger partial charge on any atom is 0.490 e. The van der Waals surface area contributed by atoms with Crippen LogP contribution >= 0.6 is 11.6 Å². The number of anilines is 2. The van der Waals surface area contributed by atoms with E-state index in [-0.39, 0.29) is 16.8 Å². The van der Waals surface area contributed by atoms with Crippen LogP contribution < -0.4 is 20.3 Å². The van der Waals surface area contributed by atoms with Crippen LogP contribution in [-0.2, 0) is 14.8 Å². The highest BCUT2D eigenvalue weighted by Gasteiger charge is 2.38. The zero-order valence-electron chi connectivity index (χ0n) is 20.3. The summed E-state index contributed by atoms with van der Waals surface area (Å²) in [4.78, 5) is 23.9. The van der Waals surface area contributed by atoms with Gasteiger partial charge in [-0.3, -0.25) is 9.52 Å². The van der Waals surface area contributed by atoms with Crippen molar-refractivity contribution in [1.82, 2.24) is 10.6 Å². The molecule has 1 heterocycles. The number of carboxylic acids is 1. The molecule has 2 aromatic carbocycles. The third-order valence-electron chi connectivity index (χ3n) is 5.07. The molecule has 9 nitrogen and oxygen atoms in total. The monoisotopic (exact) mass is 564 g/mol. The fourth-order valence-corrected chi connectivity index (χ4v) is 4.58. The molecule has 3 rings (SSSR count). The number of benzene rings is 2. The molecule has 0 bridgehead atoms. The molecule has 1 amide bonds. The zero-order valence-corrected chi connectivity index (χ0v) is 21.9. The third-order valence-corrected chi connectivity index (χ3v) is 6.85. The van der Waals surface area contributed by atoms with E-state index in [0.717, 1.165) is 37.4 Å². The Morgan fingerprint density at radius 1 is 1.11 bits per heavy atom. The predicted molar refractivity (Wildman–Crippen MR) is 135 cm³/mol. The van der Waals surface area contributed by atoms with E-state index in [9.17, 15) is 26.4 Å². The molecule has 1 fully saturated rings. The van der Waals surface area contributed by atoms with Crippen molar-refractivity contribution in [2.24, 2.45) is 0 Å². The Morgan fingerprint density at radius 2 is 1.70 bits per heavy atom. The largest absolute Gasteiger partial charge is 0.490 e. The molecule has 0 aromatic heterocycles.